The molecular weight excluding hydrogens is 602 g/mol. The number of carbonyl (C=O) groups excluding carboxylic acids is 3. The minimum atomic E-state index is -4.44. The smallest absolute Gasteiger partial charge is 0.341 e. The van der Waals surface area contributed by atoms with Crippen molar-refractivity contribution in [1.82, 2.24) is 19.5 Å². The molecule has 0 saturated carbocycles. The maximum Gasteiger partial charge on any atom is 0.341 e. The van der Waals surface area contributed by atoms with E-state index in [1.165, 1.54) is 27.1 Å². The van der Waals surface area contributed by atoms with E-state index in [0.717, 1.165) is 5.56 Å². The quantitative estimate of drug-likeness (QED) is 0.184. The van der Waals surface area contributed by atoms with E-state index in [1.54, 1.807) is 4.57 Å². The molecule has 14 heteroatoms. The molecule has 246 valence electrons. The molecule has 45 heavy (non-hydrogen) atoms. The third kappa shape index (κ3) is 9.22. The highest BCUT2D eigenvalue weighted by atomic mass is 32.2. The molecule has 1 N–H and O–H groups in total. The van der Waals surface area contributed by atoms with Gasteiger partial charge < -0.3 is 18.2 Å². The van der Waals surface area contributed by atoms with Crippen LogP contribution in [-0.2, 0) is 40.5 Å². The van der Waals surface area contributed by atoms with Crippen LogP contribution in [-0.4, -0.2) is 59.0 Å². The topological polar surface area (TPSA) is 169 Å². The SMILES string of the molecule is CC(=O)Nc1nc(OS(=O)(=O)c2c(C(C)C)cc(C(C)C)cc2C(C)C)c2ncn(CCC(COC(C)=O)COC(C)=O)c2n1. The van der Waals surface area contributed by atoms with Crippen molar-refractivity contribution in [2.24, 2.45) is 5.92 Å². The van der Waals surface area contributed by atoms with Crippen LogP contribution < -0.4 is 9.50 Å². The minimum absolute atomic E-state index is 0.0277. The second kappa shape index (κ2) is 14.8. The van der Waals surface area contributed by atoms with Crippen molar-refractivity contribution < 1.29 is 36.5 Å². The molecule has 0 atom stereocenters. The summed E-state index contributed by atoms with van der Waals surface area (Å²) in [5, 5.41) is 2.50. The number of fused-ring (bicyclic) bond motifs is 1. The monoisotopic (exact) mass is 645 g/mol. The Hall–Kier alpha value is -4.07. The van der Waals surface area contributed by atoms with E-state index >= 15 is 0 Å². The molecule has 2 heterocycles. The van der Waals surface area contributed by atoms with Crippen LogP contribution >= 0.6 is 0 Å². The number of aromatic nitrogens is 4. The van der Waals surface area contributed by atoms with E-state index < -0.39 is 28.0 Å². The lowest BCUT2D eigenvalue weighted by Gasteiger charge is -2.22. The number of hydrogen-bond donors (Lipinski definition) is 1. The summed E-state index contributed by atoms with van der Waals surface area (Å²) in [4.78, 5) is 47.7. The van der Waals surface area contributed by atoms with Gasteiger partial charge in [-0.2, -0.15) is 18.4 Å². The second-order valence-corrected chi connectivity index (χ2v) is 13.4. The Morgan fingerprint density at radius 3 is 1.89 bits per heavy atom. The van der Waals surface area contributed by atoms with E-state index in [1.807, 2.05) is 39.8 Å². The van der Waals surface area contributed by atoms with Crippen LogP contribution in [0, 0.1) is 5.92 Å². The number of nitrogens with one attached hydrogen (secondary N) is 1. The molecular formula is C31H43N5O8S. The third-order valence-corrected chi connectivity index (χ3v) is 8.41. The summed E-state index contributed by atoms with van der Waals surface area (Å²) in [7, 11) is -4.44. The van der Waals surface area contributed by atoms with Crippen LogP contribution in [0.1, 0.15) is 103 Å². The van der Waals surface area contributed by atoms with E-state index in [9.17, 15) is 22.8 Å². The number of hydrogen-bond acceptors (Lipinski definition) is 11. The summed E-state index contributed by atoms with van der Waals surface area (Å²) in [5.41, 5.74) is 2.57. The highest BCUT2D eigenvalue weighted by Crippen LogP contribution is 2.37. The fourth-order valence-corrected chi connectivity index (χ4v) is 6.26. The Bertz CT molecular complexity index is 1620. The molecule has 0 aliphatic heterocycles. The van der Waals surface area contributed by atoms with Gasteiger partial charge in [0.05, 0.1) is 19.5 Å². The van der Waals surface area contributed by atoms with Crippen LogP contribution in [0.3, 0.4) is 0 Å². The molecule has 0 aliphatic rings. The Morgan fingerprint density at radius 1 is 0.867 bits per heavy atom. The zero-order valence-electron chi connectivity index (χ0n) is 27.3. The Morgan fingerprint density at radius 2 is 1.42 bits per heavy atom. The van der Waals surface area contributed by atoms with Crippen LogP contribution in [0.4, 0.5) is 5.95 Å². The van der Waals surface area contributed by atoms with Gasteiger partial charge in [-0.05, 0) is 40.9 Å². The Kier molecular flexibility index (Phi) is 11.7. The van der Waals surface area contributed by atoms with Gasteiger partial charge in [0.25, 0.3) is 5.88 Å². The van der Waals surface area contributed by atoms with Crippen molar-refractivity contribution in [3.05, 3.63) is 35.2 Å². The first-order valence-corrected chi connectivity index (χ1v) is 16.3. The van der Waals surface area contributed by atoms with Crippen molar-refractivity contribution in [1.29, 1.82) is 0 Å². The first kappa shape index (κ1) is 35.4. The van der Waals surface area contributed by atoms with Gasteiger partial charge in [0.15, 0.2) is 11.2 Å². The van der Waals surface area contributed by atoms with E-state index in [4.69, 9.17) is 13.7 Å². The van der Waals surface area contributed by atoms with Gasteiger partial charge in [0.1, 0.15) is 4.90 Å². The standard InChI is InChI=1S/C31H43N5O8S/c1-17(2)24-12-25(18(3)4)28(26(13-24)19(5)6)45(40,41)44-30-27-29(34-31(35-30)33-20(7)37)36(16-32-27)11-10-23(14-42-21(8)38)15-43-22(9)39/h12-13,16-19,23H,10-11,14-15H2,1-9H3,(H,33,34,35,37). The normalized spacial score (nSPS) is 11.9. The highest BCUT2D eigenvalue weighted by molar-refractivity contribution is 7.87. The largest absolute Gasteiger partial charge is 0.465 e. The lowest BCUT2D eigenvalue weighted by Crippen LogP contribution is -2.21. The Labute approximate surface area is 264 Å². The number of anilines is 1. The minimum Gasteiger partial charge on any atom is -0.465 e. The van der Waals surface area contributed by atoms with Crippen molar-refractivity contribution in [2.45, 2.75) is 97.9 Å². The molecule has 0 fully saturated rings. The van der Waals surface area contributed by atoms with Crippen molar-refractivity contribution in [3.8, 4) is 5.88 Å². The molecule has 0 aliphatic carbocycles. The van der Waals surface area contributed by atoms with Gasteiger partial charge in [-0.3, -0.25) is 19.7 Å². The van der Waals surface area contributed by atoms with Crippen molar-refractivity contribution in [2.75, 3.05) is 18.5 Å². The van der Waals surface area contributed by atoms with E-state index in [0.29, 0.717) is 17.5 Å². The highest BCUT2D eigenvalue weighted by Gasteiger charge is 2.31. The molecule has 0 spiro atoms. The first-order valence-electron chi connectivity index (χ1n) is 14.9. The number of amides is 1. The number of esters is 2. The number of nitrogens with zero attached hydrogens (tertiary/aromatic N) is 4. The molecule has 0 bridgehead atoms. The van der Waals surface area contributed by atoms with E-state index in [-0.39, 0.29) is 71.3 Å². The molecule has 0 unspecified atom stereocenters. The van der Waals surface area contributed by atoms with Crippen LogP contribution in [0.15, 0.2) is 23.4 Å². The predicted octanol–water partition coefficient (Wildman–Crippen LogP) is 5.06. The maximum absolute atomic E-state index is 14.1. The summed E-state index contributed by atoms with van der Waals surface area (Å²) in [6, 6.07) is 3.82. The molecule has 0 saturated heterocycles. The molecule has 1 amide bonds. The number of imidazole rings is 1. The van der Waals surface area contributed by atoms with Gasteiger partial charge >= 0.3 is 22.1 Å². The molecule has 0 radical (unpaired) electrons. The van der Waals surface area contributed by atoms with E-state index in [2.05, 4.69) is 34.1 Å². The summed E-state index contributed by atoms with van der Waals surface area (Å²) in [5.74, 6) is -2.30. The van der Waals surface area contributed by atoms with Crippen LogP contribution in [0.25, 0.3) is 11.2 Å². The van der Waals surface area contributed by atoms with Crippen molar-refractivity contribution >= 4 is 45.1 Å². The predicted molar refractivity (Wildman–Crippen MR) is 168 cm³/mol. The lowest BCUT2D eigenvalue weighted by atomic mass is 9.89. The summed E-state index contributed by atoms with van der Waals surface area (Å²) in [6.07, 6.45) is 1.83. The maximum atomic E-state index is 14.1. The molecule has 2 aromatic heterocycles. The summed E-state index contributed by atoms with van der Waals surface area (Å²) >= 11 is 0. The molecule has 13 nitrogen and oxygen atoms in total. The van der Waals surface area contributed by atoms with Crippen LogP contribution in [0.5, 0.6) is 5.88 Å². The summed E-state index contributed by atoms with van der Waals surface area (Å²) < 4.78 is 45.8. The third-order valence-electron chi connectivity index (χ3n) is 7.06. The number of carbonyl (C=O) groups is 3. The van der Waals surface area contributed by atoms with Crippen molar-refractivity contribution in [3.63, 3.8) is 0 Å². The Balaban J connectivity index is 2.09. The fraction of sp³-hybridized carbons (Fsp3) is 0.548. The summed E-state index contributed by atoms with van der Waals surface area (Å²) in [6.45, 7) is 16.0. The zero-order valence-corrected chi connectivity index (χ0v) is 28.1. The average molecular weight is 646 g/mol. The average Bonchev–Trinajstić information content (AvgIpc) is 3.34. The molecule has 1 aromatic carbocycles. The van der Waals surface area contributed by atoms with Gasteiger partial charge in [-0.25, -0.2) is 4.98 Å². The van der Waals surface area contributed by atoms with Gasteiger partial charge in [0.2, 0.25) is 11.9 Å². The fourth-order valence-electron chi connectivity index (χ4n) is 4.68. The van der Waals surface area contributed by atoms with Gasteiger partial charge in [-0.15, -0.1) is 0 Å². The van der Waals surface area contributed by atoms with Crippen LogP contribution in [0.2, 0.25) is 0 Å². The first-order chi connectivity index (χ1) is 21.0. The number of aryl methyl sites for hydroxylation is 1. The lowest BCUT2D eigenvalue weighted by molar-refractivity contribution is -0.146. The number of rotatable bonds is 14. The second-order valence-electron chi connectivity index (χ2n) is 11.9. The number of benzene rings is 1. The van der Waals surface area contributed by atoms with Gasteiger partial charge in [0, 0.05) is 33.2 Å². The van der Waals surface area contributed by atoms with Gasteiger partial charge in [-0.1, -0.05) is 53.7 Å². The number of ether oxygens (including phenoxy) is 2. The molecule has 3 aromatic rings. The molecule has 3 rings (SSSR count). The zero-order chi connectivity index (χ0) is 33.6.